The topological polar surface area (TPSA) is 9.23 Å². The molecule has 0 aromatic heterocycles. The van der Waals surface area contributed by atoms with Crippen molar-refractivity contribution < 1.29 is 13.5 Å². The maximum Gasteiger partial charge on any atom is 0.134 e. The smallest absolute Gasteiger partial charge is 0.134 e. The second-order valence-electron chi connectivity index (χ2n) is 3.33. The first-order valence-electron chi connectivity index (χ1n) is 4.81. The van der Waals surface area contributed by atoms with E-state index in [1.165, 1.54) is 31.4 Å². The standard InChI is InChI=1S/C13H10F2O/c1-16-12-7-3-6-11(15)13(12)9-4-2-5-10(14)8-9/h2-8H,1H3. The summed E-state index contributed by atoms with van der Waals surface area (Å²) in [5.74, 6) is -0.432. The van der Waals surface area contributed by atoms with Gasteiger partial charge in [-0.05, 0) is 29.8 Å². The predicted octanol–water partition coefficient (Wildman–Crippen LogP) is 3.64. The van der Waals surface area contributed by atoms with Crippen LogP contribution in [0.5, 0.6) is 5.75 Å². The largest absolute Gasteiger partial charge is 0.496 e. The Morgan fingerprint density at radius 2 is 1.75 bits per heavy atom. The number of benzene rings is 2. The second kappa shape index (κ2) is 4.31. The maximum atomic E-state index is 13.7. The van der Waals surface area contributed by atoms with Gasteiger partial charge in [0.2, 0.25) is 0 Å². The molecule has 0 bridgehead atoms. The lowest BCUT2D eigenvalue weighted by Gasteiger charge is -2.09. The Hall–Kier alpha value is -1.90. The summed E-state index contributed by atoms with van der Waals surface area (Å²) >= 11 is 0. The number of halogens is 2. The summed E-state index contributed by atoms with van der Waals surface area (Å²) in [4.78, 5) is 0. The number of hydrogen-bond acceptors (Lipinski definition) is 1. The van der Waals surface area contributed by atoms with Crippen LogP contribution >= 0.6 is 0 Å². The molecule has 0 heterocycles. The van der Waals surface area contributed by atoms with Crippen LogP contribution < -0.4 is 4.74 Å². The summed E-state index contributed by atoms with van der Waals surface area (Å²) in [6, 6.07) is 10.3. The molecule has 0 aliphatic carbocycles. The lowest BCUT2D eigenvalue weighted by atomic mass is 10.0. The summed E-state index contributed by atoms with van der Waals surface area (Å²) in [7, 11) is 1.46. The Balaban J connectivity index is 2.63. The average Bonchev–Trinajstić information content (AvgIpc) is 2.28. The fraction of sp³-hybridized carbons (Fsp3) is 0.0769. The van der Waals surface area contributed by atoms with Gasteiger partial charge in [-0.3, -0.25) is 0 Å². The molecule has 0 spiro atoms. The van der Waals surface area contributed by atoms with Crippen molar-refractivity contribution in [2.45, 2.75) is 0 Å². The predicted molar refractivity (Wildman–Crippen MR) is 58.3 cm³/mol. The summed E-state index contributed by atoms with van der Waals surface area (Å²) < 4.78 is 31.8. The van der Waals surface area contributed by atoms with E-state index in [0.717, 1.165) is 0 Å². The van der Waals surface area contributed by atoms with Gasteiger partial charge in [-0.15, -0.1) is 0 Å². The second-order valence-corrected chi connectivity index (χ2v) is 3.33. The van der Waals surface area contributed by atoms with Gasteiger partial charge in [0.05, 0.1) is 12.7 Å². The molecule has 2 rings (SSSR count). The molecule has 2 aromatic carbocycles. The van der Waals surface area contributed by atoms with Gasteiger partial charge in [0.25, 0.3) is 0 Å². The van der Waals surface area contributed by atoms with Crippen LogP contribution in [0.4, 0.5) is 8.78 Å². The van der Waals surface area contributed by atoms with E-state index in [1.807, 2.05) is 0 Å². The Bertz CT molecular complexity index is 509. The van der Waals surface area contributed by atoms with E-state index >= 15 is 0 Å². The van der Waals surface area contributed by atoms with Gasteiger partial charge in [-0.2, -0.15) is 0 Å². The summed E-state index contributed by atoms with van der Waals surface area (Å²) in [6.45, 7) is 0. The molecule has 82 valence electrons. The first-order valence-corrected chi connectivity index (χ1v) is 4.81. The molecular formula is C13H10F2O. The molecule has 0 saturated carbocycles. The van der Waals surface area contributed by atoms with Crippen LogP contribution in [0.2, 0.25) is 0 Å². The molecule has 0 atom stereocenters. The van der Waals surface area contributed by atoms with Crippen LogP contribution in [0.3, 0.4) is 0 Å². The van der Waals surface area contributed by atoms with E-state index < -0.39 is 11.6 Å². The van der Waals surface area contributed by atoms with Crippen molar-refractivity contribution in [3.8, 4) is 16.9 Å². The monoisotopic (exact) mass is 220 g/mol. The summed E-state index contributed by atoms with van der Waals surface area (Å²) in [5.41, 5.74) is 0.749. The fourth-order valence-corrected chi connectivity index (χ4v) is 1.60. The molecule has 2 aromatic rings. The maximum absolute atomic E-state index is 13.7. The summed E-state index contributed by atoms with van der Waals surface area (Å²) in [5, 5.41) is 0. The first kappa shape index (κ1) is 10.6. The van der Waals surface area contributed by atoms with Crippen molar-refractivity contribution in [2.75, 3.05) is 7.11 Å². The van der Waals surface area contributed by atoms with Gasteiger partial charge in [0.15, 0.2) is 0 Å². The zero-order valence-electron chi connectivity index (χ0n) is 8.71. The normalized spacial score (nSPS) is 10.2. The highest BCUT2D eigenvalue weighted by molar-refractivity contribution is 5.71. The molecule has 0 aliphatic rings. The third kappa shape index (κ3) is 1.89. The Morgan fingerprint density at radius 3 is 2.44 bits per heavy atom. The quantitative estimate of drug-likeness (QED) is 0.750. The highest BCUT2D eigenvalue weighted by Crippen LogP contribution is 2.32. The molecular weight excluding hydrogens is 210 g/mol. The van der Waals surface area contributed by atoms with E-state index in [9.17, 15) is 8.78 Å². The Labute approximate surface area is 92.3 Å². The van der Waals surface area contributed by atoms with Gasteiger partial charge in [0, 0.05) is 0 Å². The molecule has 0 unspecified atom stereocenters. The van der Waals surface area contributed by atoms with Gasteiger partial charge in [-0.25, -0.2) is 8.78 Å². The molecule has 3 heteroatoms. The van der Waals surface area contributed by atoms with Crippen molar-refractivity contribution in [3.05, 3.63) is 54.1 Å². The Morgan fingerprint density at radius 1 is 1.00 bits per heavy atom. The molecule has 0 aliphatic heterocycles. The van der Waals surface area contributed by atoms with Gasteiger partial charge < -0.3 is 4.74 Å². The minimum atomic E-state index is -0.426. The van der Waals surface area contributed by atoms with Crippen LogP contribution in [-0.2, 0) is 0 Å². The number of ether oxygens (including phenoxy) is 1. The van der Waals surface area contributed by atoms with E-state index in [2.05, 4.69) is 0 Å². The van der Waals surface area contributed by atoms with E-state index in [0.29, 0.717) is 11.3 Å². The molecule has 0 N–H and O–H groups in total. The van der Waals surface area contributed by atoms with Crippen LogP contribution in [0.1, 0.15) is 0 Å². The summed E-state index contributed by atoms with van der Waals surface area (Å²) in [6.07, 6.45) is 0. The SMILES string of the molecule is COc1cccc(F)c1-c1cccc(F)c1. The van der Waals surface area contributed by atoms with Crippen LogP contribution in [0.25, 0.3) is 11.1 Å². The molecule has 0 fully saturated rings. The molecule has 0 radical (unpaired) electrons. The van der Waals surface area contributed by atoms with E-state index in [4.69, 9.17) is 4.74 Å². The van der Waals surface area contributed by atoms with Gasteiger partial charge >= 0.3 is 0 Å². The highest BCUT2D eigenvalue weighted by Gasteiger charge is 2.11. The first-order chi connectivity index (χ1) is 7.72. The molecule has 1 nitrogen and oxygen atoms in total. The van der Waals surface area contributed by atoms with Crippen molar-refractivity contribution in [1.29, 1.82) is 0 Å². The fourth-order valence-electron chi connectivity index (χ4n) is 1.60. The molecule has 0 saturated heterocycles. The Kier molecular flexibility index (Phi) is 2.86. The average molecular weight is 220 g/mol. The third-order valence-electron chi connectivity index (χ3n) is 2.31. The minimum Gasteiger partial charge on any atom is -0.496 e. The van der Waals surface area contributed by atoms with Crippen molar-refractivity contribution in [3.63, 3.8) is 0 Å². The van der Waals surface area contributed by atoms with Crippen molar-refractivity contribution in [1.82, 2.24) is 0 Å². The molecule has 0 amide bonds. The zero-order valence-corrected chi connectivity index (χ0v) is 8.71. The lowest BCUT2D eigenvalue weighted by molar-refractivity contribution is 0.413. The van der Waals surface area contributed by atoms with Crippen LogP contribution in [-0.4, -0.2) is 7.11 Å². The van der Waals surface area contributed by atoms with E-state index in [-0.39, 0.29) is 5.56 Å². The van der Waals surface area contributed by atoms with Crippen molar-refractivity contribution in [2.24, 2.45) is 0 Å². The van der Waals surface area contributed by atoms with Gasteiger partial charge in [0.1, 0.15) is 17.4 Å². The van der Waals surface area contributed by atoms with Crippen molar-refractivity contribution >= 4 is 0 Å². The molecule has 16 heavy (non-hydrogen) atoms. The number of rotatable bonds is 2. The van der Waals surface area contributed by atoms with Crippen LogP contribution in [0.15, 0.2) is 42.5 Å². The number of methoxy groups -OCH3 is 1. The van der Waals surface area contributed by atoms with Gasteiger partial charge in [-0.1, -0.05) is 18.2 Å². The van der Waals surface area contributed by atoms with E-state index in [1.54, 1.807) is 18.2 Å². The lowest BCUT2D eigenvalue weighted by Crippen LogP contribution is -1.91. The minimum absolute atomic E-state index is 0.282. The highest BCUT2D eigenvalue weighted by atomic mass is 19.1. The zero-order chi connectivity index (χ0) is 11.5. The number of hydrogen-bond donors (Lipinski definition) is 0. The third-order valence-corrected chi connectivity index (χ3v) is 2.31. The van der Waals surface area contributed by atoms with Crippen LogP contribution in [0, 0.1) is 11.6 Å².